The molecular weight excluding hydrogens is 330 g/mol. The third-order valence-corrected chi connectivity index (χ3v) is 4.45. The first-order valence-electron chi connectivity index (χ1n) is 8.56. The highest BCUT2D eigenvalue weighted by Crippen LogP contribution is 2.30. The molecule has 3 aromatic rings. The first-order valence-corrected chi connectivity index (χ1v) is 8.56. The van der Waals surface area contributed by atoms with Crippen molar-refractivity contribution in [1.82, 2.24) is 15.2 Å². The van der Waals surface area contributed by atoms with Crippen LogP contribution in [0.15, 0.2) is 48.8 Å². The van der Waals surface area contributed by atoms with Crippen LogP contribution in [-0.2, 0) is 0 Å². The molecule has 1 aromatic carbocycles. The first-order chi connectivity index (χ1) is 12.7. The Morgan fingerprint density at radius 2 is 1.92 bits per heavy atom. The second kappa shape index (κ2) is 6.87. The minimum atomic E-state index is -0.253. The Morgan fingerprint density at radius 3 is 2.62 bits per heavy atom. The van der Waals surface area contributed by atoms with Crippen molar-refractivity contribution < 1.29 is 9.90 Å². The summed E-state index contributed by atoms with van der Waals surface area (Å²) in [5, 5.41) is 19.1. The van der Waals surface area contributed by atoms with Crippen LogP contribution in [0.1, 0.15) is 23.2 Å². The average molecular weight is 349 g/mol. The van der Waals surface area contributed by atoms with Crippen LogP contribution < -0.4 is 10.2 Å². The second-order valence-electron chi connectivity index (χ2n) is 6.26. The fraction of sp³-hybridized carbons (Fsp3) is 0.211. The number of carbonyl (C=O) groups is 1. The maximum Gasteiger partial charge on any atom is 0.257 e. The SMILES string of the molecule is O=C(Nc1ccc(O)cc1)c1cnc(N2CCCC2)c(-c2ccn[nH]2)c1. The van der Waals surface area contributed by atoms with Gasteiger partial charge in [-0.3, -0.25) is 9.89 Å². The molecule has 4 rings (SSSR count). The van der Waals surface area contributed by atoms with Crippen LogP contribution in [0.2, 0.25) is 0 Å². The number of benzene rings is 1. The molecule has 3 heterocycles. The van der Waals surface area contributed by atoms with E-state index in [0.29, 0.717) is 11.3 Å². The number of phenolic OH excluding ortho intramolecular Hbond substituents is 1. The highest BCUT2D eigenvalue weighted by molar-refractivity contribution is 6.05. The molecule has 1 aliphatic heterocycles. The summed E-state index contributed by atoms with van der Waals surface area (Å²) < 4.78 is 0. The zero-order valence-corrected chi connectivity index (χ0v) is 14.1. The highest BCUT2D eigenvalue weighted by atomic mass is 16.3. The van der Waals surface area contributed by atoms with E-state index in [1.807, 2.05) is 12.1 Å². The second-order valence-corrected chi connectivity index (χ2v) is 6.26. The van der Waals surface area contributed by atoms with E-state index in [0.717, 1.165) is 43.0 Å². The number of hydrogen-bond donors (Lipinski definition) is 3. The van der Waals surface area contributed by atoms with Gasteiger partial charge in [0.25, 0.3) is 5.91 Å². The van der Waals surface area contributed by atoms with Crippen LogP contribution in [0.4, 0.5) is 11.5 Å². The summed E-state index contributed by atoms with van der Waals surface area (Å²) in [5.74, 6) is 0.769. The summed E-state index contributed by atoms with van der Waals surface area (Å²) >= 11 is 0. The lowest BCUT2D eigenvalue weighted by molar-refractivity contribution is 0.102. The molecule has 26 heavy (non-hydrogen) atoms. The quantitative estimate of drug-likeness (QED) is 0.630. The van der Waals surface area contributed by atoms with E-state index >= 15 is 0 Å². The summed E-state index contributed by atoms with van der Waals surface area (Å²) in [6.45, 7) is 1.93. The summed E-state index contributed by atoms with van der Waals surface area (Å²) in [5.41, 5.74) is 2.77. The zero-order valence-electron chi connectivity index (χ0n) is 14.1. The number of aromatic amines is 1. The Labute approximate surface area is 150 Å². The van der Waals surface area contributed by atoms with Gasteiger partial charge in [-0.2, -0.15) is 5.10 Å². The lowest BCUT2D eigenvalue weighted by atomic mass is 10.1. The molecule has 0 saturated carbocycles. The number of carbonyl (C=O) groups excluding carboxylic acids is 1. The van der Waals surface area contributed by atoms with Gasteiger partial charge >= 0.3 is 0 Å². The molecule has 0 atom stereocenters. The van der Waals surface area contributed by atoms with Crippen LogP contribution in [-0.4, -0.2) is 39.3 Å². The van der Waals surface area contributed by atoms with Gasteiger partial charge < -0.3 is 15.3 Å². The van der Waals surface area contributed by atoms with Crippen molar-refractivity contribution in [2.75, 3.05) is 23.3 Å². The monoisotopic (exact) mass is 349 g/mol. The van der Waals surface area contributed by atoms with Crippen molar-refractivity contribution in [2.45, 2.75) is 12.8 Å². The van der Waals surface area contributed by atoms with Crippen LogP contribution in [0.5, 0.6) is 5.75 Å². The maximum absolute atomic E-state index is 12.6. The maximum atomic E-state index is 12.6. The number of pyridine rings is 1. The number of phenols is 1. The first kappa shape index (κ1) is 16.1. The largest absolute Gasteiger partial charge is 0.508 e. The third-order valence-electron chi connectivity index (χ3n) is 4.45. The fourth-order valence-corrected chi connectivity index (χ4v) is 3.11. The summed E-state index contributed by atoms with van der Waals surface area (Å²) in [6, 6.07) is 10.1. The predicted molar refractivity (Wildman–Crippen MR) is 99.3 cm³/mol. The summed E-state index contributed by atoms with van der Waals surface area (Å²) in [4.78, 5) is 19.4. The smallest absolute Gasteiger partial charge is 0.257 e. The summed E-state index contributed by atoms with van der Waals surface area (Å²) in [7, 11) is 0. The normalized spacial score (nSPS) is 13.8. The van der Waals surface area contributed by atoms with E-state index in [9.17, 15) is 9.90 Å². The fourth-order valence-electron chi connectivity index (χ4n) is 3.11. The van der Waals surface area contributed by atoms with Gasteiger partial charge in [0.15, 0.2) is 0 Å². The van der Waals surface area contributed by atoms with Crippen molar-refractivity contribution in [1.29, 1.82) is 0 Å². The van der Waals surface area contributed by atoms with Crippen molar-refractivity contribution in [3.8, 4) is 17.0 Å². The van der Waals surface area contributed by atoms with Crippen molar-refractivity contribution in [3.63, 3.8) is 0 Å². The molecule has 7 heteroatoms. The van der Waals surface area contributed by atoms with E-state index < -0.39 is 0 Å². The lowest BCUT2D eigenvalue weighted by Crippen LogP contribution is -2.21. The Morgan fingerprint density at radius 1 is 1.15 bits per heavy atom. The van der Waals surface area contributed by atoms with E-state index in [2.05, 4.69) is 25.4 Å². The van der Waals surface area contributed by atoms with Crippen LogP contribution in [0.3, 0.4) is 0 Å². The van der Waals surface area contributed by atoms with E-state index in [-0.39, 0.29) is 11.7 Å². The number of nitrogens with zero attached hydrogens (tertiary/aromatic N) is 3. The van der Waals surface area contributed by atoms with Gasteiger partial charge in [-0.25, -0.2) is 4.98 Å². The molecule has 0 bridgehead atoms. The number of hydrogen-bond acceptors (Lipinski definition) is 5. The van der Waals surface area contributed by atoms with Gasteiger partial charge in [-0.15, -0.1) is 0 Å². The number of anilines is 2. The number of aromatic nitrogens is 3. The molecule has 1 aliphatic rings. The standard InChI is InChI=1S/C19H19N5O2/c25-15-5-3-14(4-6-15)22-19(26)13-11-16(17-7-8-21-23-17)18(20-12-13)24-9-1-2-10-24/h3-8,11-12,25H,1-2,9-10H2,(H,21,23)(H,22,26). The number of H-pyrrole nitrogens is 1. The molecule has 1 saturated heterocycles. The highest BCUT2D eigenvalue weighted by Gasteiger charge is 2.20. The minimum absolute atomic E-state index is 0.154. The summed E-state index contributed by atoms with van der Waals surface area (Å²) in [6.07, 6.45) is 5.58. The molecule has 1 amide bonds. The number of amides is 1. The molecule has 0 radical (unpaired) electrons. The number of rotatable bonds is 4. The molecule has 132 valence electrons. The van der Waals surface area contributed by atoms with Crippen molar-refractivity contribution >= 4 is 17.4 Å². The van der Waals surface area contributed by atoms with E-state index in [4.69, 9.17) is 0 Å². The minimum Gasteiger partial charge on any atom is -0.508 e. The topological polar surface area (TPSA) is 94.1 Å². The zero-order chi connectivity index (χ0) is 17.9. The Hall–Kier alpha value is -3.35. The van der Waals surface area contributed by atoms with Gasteiger partial charge in [0.2, 0.25) is 0 Å². The molecular formula is C19H19N5O2. The number of nitrogens with one attached hydrogen (secondary N) is 2. The molecule has 3 N–H and O–H groups in total. The van der Waals surface area contributed by atoms with Crippen LogP contribution in [0, 0.1) is 0 Å². The van der Waals surface area contributed by atoms with Gasteiger partial charge in [0.1, 0.15) is 11.6 Å². The molecule has 7 nitrogen and oxygen atoms in total. The van der Waals surface area contributed by atoms with Crippen LogP contribution in [0.25, 0.3) is 11.3 Å². The van der Waals surface area contributed by atoms with Crippen LogP contribution >= 0.6 is 0 Å². The molecule has 0 unspecified atom stereocenters. The number of aromatic hydroxyl groups is 1. The molecule has 2 aromatic heterocycles. The third kappa shape index (κ3) is 3.23. The molecule has 1 fully saturated rings. The van der Waals surface area contributed by atoms with E-state index in [1.54, 1.807) is 24.5 Å². The predicted octanol–water partition coefficient (Wildman–Crippen LogP) is 3.03. The molecule has 0 aliphatic carbocycles. The lowest BCUT2D eigenvalue weighted by Gasteiger charge is -2.20. The Balaban J connectivity index is 1.65. The van der Waals surface area contributed by atoms with Gasteiger partial charge in [-0.05, 0) is 49.2 Å². The Kier molecular flexibility index (Phi) is 4.27. The van der Waals surface area contributed by atoms with Gasteiger partial charge in [-0.1, -0.05) is 0 Å². The van der Waals surface area contributed by atoms with Crippen molar-refractivity contribution in [3.05, 3.63) is 54.4 Å². The Bertz CT molecular complexity index is 900. The van der Waals surface area contributed by atoms with E-state index in [1.165, 1.54) is 12.1 Å². The average Bonchev–Trinajstić information content (AvgIpc) is 3.37. The van der Waals surface area contributed by atoms with Gasteiger partial charge in [0.05, 0.1) is 11.3 Å². The molecule has 0 spiro atoms. The van der Waals surface area contributed by atoms with Gasteiger partial charge in [0, 0.05) is 36.7 Å². The van der Waals surface area contributed by atoms with Crippen molar-refractivity contribution in [2.24, 2.45) is 0 Å².